The van der Waals surface area contributed by atoms with Gasteiger partial charge in [0.1, 0.15) is 12.3 Å². The first kappa shape index (κ1) is 27.5. The van der Waals surface area contributed by atoms with Crippen LogP contribution in [0.5, 0.6) is 23.0 Å². The van der Waals surface area contributed by atoms with Crippen LogP contribution in [-0.4, -0.2) is 35.1 Å². The molecule has 1 amide bonds. The zero-order valence-electron chi connectivity index (χ0n) is 22.2. The third kappa shape index (κ3) is 6.50. The molecular weight excluding hydrogens is 516 g/mol. The van der Waals surface area contributed by atoms with E-state index in [0.717, 1.165) is 15.4 Å². The van der Waals surface area contributed by atoms with Gasteiger partial charge in [0.2, 0.25) is 5.91 Å². The number of nitrogens with one attached hydrogen (secondary N) is 1. The third-order valence-corrected chi connectivity index (χ3v) is 7.63. The molecule has 0 aliphatic heterocycles. The zero-order chi connectivity index (χ0) is 28.0. The van der Waals surface area contributed by atoms with Crippen molar-refractivity contribution in [1.29, 1.82) is 0 Å². The molecule has 0 atom stereocenters. The Bertz CT molecular complexity index is 1550. The number of hydrogen-bond donors (Lipinski definition) is 1. The number of nitrogens with zero attached hydrogens (tertiary/aromatic N) is 1. The second kappa shape index (κ2) is 11.9. The minimum atomic E-state index is -4.19. The van der Waals surface area contributed by atoms with Crippen molar-refractivity contribution in [3.05, 3.63) is 102 Å². The van der Waals surface area contributed by atoms with E-state index in [1.807, 2.05) is 38.1 Å². The Morgan fingerprint density at radius 2 is 1.41 bits per heavy atom. The van der Waals surface area contributed by atoms with Crippen LogP contribution in [0.1, 0.15) is 11.1 Å². The third-order valence-electron chi connectivity index (χ3n) is 5.86. The number of ether oxygens (including phenoxy) is 3. The lowest BCUT2D eigenvalue weighted by molar-refractivity contribution is -0.114. The van der Waals surface area contributed by atoms with Crippen LogP contribution in [0.2, 0.25) is 0 Å². The Kier molecular flexibility index (Phi) is 8.41. The van der Waals surface area contributed by atoms with Gasteiger partial charge < -0.3 is 19.5 Å². The number of benzene rings is 4. The molecule has 9 heteroatoms. The highest BCUT2D eigenvalue weighted by molar-refractivity contribution is 7.92. The van der Waals surface area contributed by atoms with Gasteiger partial charge in [-0.2, -0.15) is 0 Å². The predicted octanol–water partition coefficient (Wildman–Crippen LogP) is 5.95. The lowest BCUT2D eigenvalue weighted by atomic mass is 10.1. The van der Waals surface area contributed by atoms with Gasteiger partial charge in [0, 0.05) is 6.07 Å². The van der Waals surface area contributed by atoms with Crippen molar-refractivity contribution in [1.82, 2.24) is 0 Å². The lowest BCUT2D eigenvalue weighted by Gasteiger charge is -2.25. The van der Waals surface area contributed by atoms with Crippen molar-refractivity contribution in [2.45, 2.75) is 18.7 Å². The first-order valence-corrected chi connectivity index (χ1v) is 13.6. The number of carbonyl (C=O) groups is 1. The van der Waals surface area contributed by atoms with Crippen molar-refractivity contribution >= 4 is 27.3 Å². The van der Waals surface area contributed by atoms with Gasteiger partial charge in [0.25, 0.3) is 10.0 Å². The molecule has 4 rings (SSSR count). The lowest BCUT2D eigenvalue weighted by Crippen LogP contribution is -2.38. The molecule has 0 bridgehead atoms. The van der Waals surface area contributed by atoms with Gasteiger partial charge in [-0.15, -0.1) is 0 Å². The van der Waals surface area contributed by atoms with Gasteiger partial charge >= 0.3 is 0 Å². The Morgan fingerprint density at radius 3 is 2.08 bits per heavy atom. The fourth-order valence-electron chi connectivity index (χ4n) is 4.11. The van der Waals surface area contributed by atoms with Crippen molar-refractivity contribution in [3.63, 3.8) is 0 Å². The minimum absolute atomic E-state index is 0.0417. The molecule has 4 aromatic rings. The van der Waals surface area contributed by atoms with Crippen LogP contribution < -0.4 is 23.8 Å². The van der Waals surface area contributed by atoms with E-state index >= 15 is 0 Å². The molecule has 1 N–H and O–H groups in total. The molecule has 0 heterocycles. The second-order valence-electron chi connectivity index (χ2n) is 8.83. The normalized spacial score (nSPS) is 11.0. The summed E-state index contributed by atoms with van der Waals surface area (Å²) in [5.41, 5.74) is 2.50. The highest BCUT2D eigenvalue weighted by Crippen LogP contribution is 2.33. The van der Waals surface area contributed by atoms with Crippen molar-refractivity contribution < 1.29 is 27.4 Å². The van der Waals surface area contributed by atoms with Crippen molar-refractivity contribution in [3.8, 4) is 23.0 Å². The summed E-state index contributed by atoms with van der Waals surface area (Å²) < 4.78 is 45.5. The molecule has 8 nitrogen and oxygen atoms in total. The molecule has 0 radical (unpaired) electrons. The Labute approximate surface area is 228 Å². The van der Waals surface area contributed by atoms with Gasteiger partial charge in [0.05, 0.1) is 30.5 Å². The highest BCUT2D eigenvalue weighted by atomic mass is 32.2. The number of para-hydroxylation sites is 3. The molecule has 0 saturated heterocycles. The van der Waals surface area contributed by atoms with E-state index in [9.17, 15) is 13.2 Å². The molecule has 0 spiro atoms. The SMILES string of the molecule is COc1ccc(S(=O)(=O)N(CC(=O)Nc2ccccc2Oc2ccccc2)c2cc(C)cc(C)c2)cc1OC. The van der Waals surface area contributed by atoms with Gasteiger partial charge in [-0.25, -0.2) is 8.42 Å². The maximum Gasteiger partial charge on any atom is 0.264 e. The monoisotopic (exact) mass is 546 g/mol. The van der Waals surface area contributed by atoms with Gasteiger partial charge in [-0.3, -0.25) is 9.10 Å². The Hall–Kier alpha value is -4.50. The largest absolute Gasteiger partial charge is 0.493 e. The number of methoxy groups -OCH3 is 2. The summed E-state index contributed by atoms with van der Waals surface area (Å²) in [6.07, 6.45) is 0. The number of rotatable bonds is 10. The number of anilines is 2. The average molecular weight is 547 g/mol. The van der Waals surface area contributed by atoms with E-state index in [4.69, 9.17) is 14.2 Å². The summed E-state index contributed by atoms with van der Waals surface area (Å²) in [5.74, 6) is 1.14. The number of aryl methyl sites for hydroxylation is 2. The fraction of sp³-hybridized carbons (Fsp3) is 0.167. The summed E-state index contributed by atoms with van der Waals surface area (Å²) in [4.78, 5) is 13.3. The van der Waals surface area contributed by atoms with Gasteiger partial charge in [-0.05, 0) is 73.5 Å². The van der Waals surface area contributed by atoms with Crippen LogP contribution >= 0.6 is 0 Å². The van der Waals surface area contributed by atoms with Crippen molar-refractivity contribution in [2.75, 3.05) is 30.4 Å². The Morgan fingerprint density at radius 1 is 0.769 bits per heavy atom. The highest BCUT2D eigenvalue weighted by Gasteiger charge is 2.29. The molecular formula is C30H30N2O6S. The summed E-state index contributed by atoms with van der Waals surface area (Å²) >= 11 is 0. The second-order valence-corrected chi connectivity index (χ2v) is 10.7. The minimum Gasteiger partial charge on any atom is -0.493 e. The standard InChI is InChI=1S/C30H30N2O6S/c1-21-16-22(2)18-23(17-21)32(39(34,35)25-14-15-28(36-3)29(19-25)37-4)20-30(33)31-26-12-8-9-13-27(26)38-24-10-6-5-7-11-24/h5-19H,20H2,1-4H3,(H,31,33). The first-order valence-electron chi connectivity index (χ1n) is 12.2. The number of amides is 1. The summed E-state index contributed by atoms with van der Waals surface area (Å²) in [6.45, 7) is 3.27. The van der Waals surface area contributed by atoms with E-state index in [2.05, 4.69) is 5.32 Å². The number of carbonyl (C=O) groups excluding carboxylic acids is 1. The molecule has 0 fully saturated rings. The zero-order valence-corrected chi connectivity index (χ0v) is 23.0. The predicted molar refractivity (Wildman–Crippen MR) is 152 cm³/mol. The first-order chi connectivity index (χ1) is 18.7. The summed E-state index contributed by atoms with van der Waals surface area (Å²) in [6, 6.07) is 25.8. The van der Waals surface area contributed by atoms with Crippen LogP contribution in [-0.2, 0) is 14.8 Å². The number of sulfonamides is 1. The quantitative estimate of drug-likeness (QED) is 0.264. The molecule has 202 valence electrons. The van der Waals surface area contributed by atoms with E-state index in [-0.39, 0.29) is 10.6 Å². The van der Waals surface area contributed by atoms with E-state index in [1.54, 1.807) is 48.5 Å². The summed E-state index contributed by atoms with van der Waals surface area (Å²) in [7, 11) is -1.29. The van der Waals surface area contributed by atoms with Crippen LogP contribution in [0.4, 0.5) is 11.4 Å². The van der Waals surface area contributed by atoms with Gasteiger partial charge in [-0.1, -0.05) is 36.4 Å². The summed E-state index contributed by atoms with van der Waals surface area (Å²) in [5, 5.41) is 2.81. The van der Waals surface area contributed by atoms with Crippen LogP contribution in [0.3, 0.4) is 0 Å². The van der Waals surface area contributed by atoms with E-state index in [0.29, 0.717) is 28.6 Å². The molecule has 0 aliphatic carbocycles. The maximum absolute atomic E-state index is 13.9. The molecule has 0 saturated carbocycles. The molecule has 0 unspecified atom stereocenters. The molecule has 4 aromatic carbocycles. The van der Waals surface area contributed by atoms with Crippen LogP contribution in [0, 0.1) is 13.8 Å². The van der Waals surface area contributed by atoms with Gasteiger partial charge in [0.15, 0.2) is 17.2 Å². The average Bonchev–Trinajstić information content (AvgIpc) is 2.92. The Balaban J connectivity index is 1.68. The smallest absolute Gasteiger partial charge is 0.264 e. The molecule has 0 aliphatic rings. The van der Waals surface area contributed by atoms with Crippen LogP contribution in [0.15, 0.2) is 95.9 Å². The van der Waals surface area contributed by atoms with Crippen LogP contribution in [0.25, 0.3) is 0 Å². The van der Waals surface area contributed by atoms with E-state index < -0.39 is 22.5 Å². The molecule has 0 aromatic heterocycles. The molecule has 39 heavy (non-hydrogen) atoms. The van der Waals surface area contributed by atoms with Crippen molar-refractivity contribution in [2.24, 2.45) is 0 Å². The van der Waals surface area contributed by atoms with E-state index in [1.165, 1.54) is 32.4 Å². The number of hydrogen-bond acceptors (Lipinski definition) is 6. The fourth-order valence-corrected chi connectivity index (χ4v) is 5.53. The maximum atomic E-state index is 13.9. The topological polar surface area (TPSA) is 94.2 Å².